The van der Waals surface area contributed by atoms with Gasteiger partial charge in [0.15, 0.2) is 5.83 Å². The fourth-order valence-electron chi connectivity index (χ4n) is 4.47. The van der Waals surface area contributed by atoms with Gasteiger partial charge >= 0.3 is 6.18 Å². The van der Waals surface area contributed by atoms with Crippen LogP contribution >= 0.6 is 0 Å². The highest BCUT2D eigenvalue weighted by Crippen LogP contribution is 2.39. The number of hydrogen-bond donors (Lipinski definition) is 1. The molecule has 2 heterocycles. The Kier molecular flexibility index (Phi) is 10.1. The number of ether oxygens (including phenoxy) is 1. The first-order chi connectivity index (χ1) is 16.9. The van der Waals surface area contributed by atoms with Gasteiger partial charge in [0.25, 0.3) is 11.5 Å². The van der Waals surface area contributed by atoms with Gasteiger partial charge in [0.2, 0.25) is 0 Å². The zero-order valence-corrected chi connectivity index (χ0v) is 21.9. The van der Waals surface area contributed by atoms with E-state index in [1.54, 1.807) is 30.7 Å². The first-order valence-corrected chi connectivity index (χ1v) is 12.5. The van der Waals surface area contributed by atoms with E-state index in [1.807, 2.05) is 27.7 Å². The molecule has 2 aromatic rings. The minimum absolute atomic E-state index is 0.0659. The van der Waals surface area contributed by atoms with Crippen LogP contribution in [-0.2, 0) is 4.74 Å². The van der Waals surface area contributed by atoms with Crippen molar-refractivity contribution in [1.82, 2.24) is 9.55 Å². The van der Waals surface area contributed by atoms with Crippen LogP contribution in [-0.4, -0.2) is 27.7 Å². The van der Waals surface area contributed by atoms with E-state index in [4.69, 9.17) is 4.74 Å². The lowest BCUT2D eigenvalue weighted by molar-refractivity contribution is -0.185. The molecule has 0 amide bonds. The second kappa shape index (κ2) is 12.4. The molecule has 36 heavy (non-hydrogen) atoms. The van der Waals surface area contributed by atoms with Crippen molar-refractivity contribution in [1.29, 1.82) is 0 Å². The van der Waals surface area contributed by atoms with E-state index < -0.39 is 24.0 Å². The van der Waals surface area contributed by atoms with E-state index in [9.17, 15) is 18.0 Å². The molecule has 0 aliphatic heterocycles. The molecule has 1 saturated carbocycles. The molecule has 0 saturated heterocycles. The number of aromatic nitrogens is 2. The minimum Gasteiger partial charge on any atom is -0.472 e. The van der Waals surface area contributed by atoms with Crippen LogP contribution in [0.2, 0.25) is 0 Å². The summed E-state index contributed by atoms with van der Waals surface area (Å²) in [4.78, 5) is 19.8. The molecule has 5 nitrogen and oxygen atoms in total. The van der Waals surface area contributed by atoms with Crippen molar-refractivity contribution in [2.24, 2.45) is 10.9 Å². The van der Waals surface area contributed by atoms with Crippen molar-refractivity contribution < 1.29 is 22.3 Å². The van der Waals surface area contributed by atoms with Crippen LogP contribution in [0, 0.1) is 5.92 Å². The van der Waals surface area contributed by atoms with Crippen molar-refractivity contribution in [3.05, 3.63) is 52.3 Å². The van der Waals surface area contributed by atoms with Gasteiger partial charge in [-0.2, -0.15) is 13.2 Å². The van der Waals surface area contributed by atoms with Crippen LogP contribution in [0.4, 0.5) is 17.6 Å². The molecule has 0 radical (unpaired) electrons. The van der Waals surface area contributed by atoms with E-state index in [2.05, 4.69) is 16.6 Å². The fraction of sp³-hybridized carbons (Fsp3) is 0.556. The summed E-state index contributed by atoms with van der Waals surface area (Å²) >= 11 is 0. The molecule has 1 fully saturated rings. The van der Waals surface area contributed by atoms with Gasteiger partial charge in [-0.25, -0.2) is 9.38 Å². The second-order valence-electron chi connectivity index (χ2n) is 9.03. The molecule has 1 aliphatic rings. The summed E-state index contributed by atoms with van der Waals surface area (Å²) in [5.74, 6) is -2.36. The van der Waals surface area contributed by atoms with Crippen LogP contribution in [0.1, 0.15) is 85.3 Å². The molecule has 9 heteroatoms. The Bertz CT molecular complexity index is 1160. The molecule has 0 aromatic carbocycles. The maximum absolute atomic E-state index is 15.9. The summed E-state index contributed by atoms with van der Waals surface area (Å²) in [6, 6.07) is 2.96. The lowest BCUT2D eigenvalue weighted by atomic mass is 9.87. The molecular weight excluding hydrogens is 474 g/mol. The Balaban J connectivity index is 0.00000222. The van der Waals surface area contributed by atoms with Gasteiger partial charge in [-0.05, 0) is 58.9 Å². The summed E-state index contributed by atoms with van der Waals surface area (Å²) < 4.78 is 62.4. The minimum atomic E-state index is -4.23. The monoisotopic (exact) mass is 511 g/mol. The molecule has 0 atom stereocenters. The summed E-state index contributed by atoms with van der Waals surface area (Å²) in [5, 5.41) is 0. The topological polar surface area (TPSA) is 59.4 Å². The first-order valence-electron chi connectivity index (χ1n) is 12.5. The van der Waals surface area contributed by atoms with Gasteiger partial charge < -0.3 is 14.3 Å². The highest BCUT2D eigenvalue weighted by Gasteiger charge is 2.42. The zero-order chi connectivity index (χ0) is 27.2. The highest BCUT2D eigenvalue weighted by molar-refractivity contribution is 6.03. The molecule has 200 valence electrons. The molecule has 0 spiro atoms. The van der Waals surface area contributed by atoms with Gasteiger partial charge in [-0.15, -0.1) is 0 Å². The van der Waals surface area contributed by atoms with Crippen molar-refractivity contribution in [2.75, 3.05) is 0 Å². The molecule has 1 N–H and O–H groups in total. The largest absolute Gasteiger partial charge is 0.472 e. The van der Waals surface area contributed by atoms with E-state index in [1.165, 1.54) is 6.07 Å². The van der Waals surface area contributed by atoms with Crippen molar-refractivity contribution in [3.63, 3.8) is 0 Å². The number of fused-ring (bicyclic) bond motifs is 1. The van der Waals surface area contributed by atoms with Crippen molar-refractivity contribution >= 4 is 22.5 Å². The summed E-state index contributed by atoms with van der Waals surface area (Å²) in [7, 11) is 0. The lowest BCUT2D eigenvalue weighted by Crippen LogP contribution is -2.32. The summed E-state index contributed by atoms with van der Waals surface area (Å²) in [6.45, 7) is 14.8. The van der Waals surface area contributed by atoms with E-state index in [0.717, 1.165) is 0 Å². The quantitative estimate of drug-likeness (QED) is 0.242. The van der Waals surface area contributed by atoms with E-state index in [0.29, 0.717) is 22.3 Å². The predicted molar refractivity (Wildman–Crippen MR) is 138 cm³/mol. The van der Waals surface area contributed by atoms with Crippen LogP contribution < -0.4 is 5.56 Å². The number of hydrogen-bond acceptors (Lipinski definition) is 3. The highest BCUT2D eigenvalue weighted by atomic mass is 19.4. The Morgan fingerprint density at radius 2 is 1.83 bits per heavy atom. The molecule has 3 rings (SSSR count). The molecule has 0 bridgehead atoms. The number of nitrogens with zero attached hydrogens (tertiary/aromatic N) is 2. The van der Waals surface area contributed by atoms with Crippen LogP contribution in [0.3, 0.4) is 0 Å². The number of allylic oxidation sites excluding steroid dienone is 2. The Morgan fingerprint density at radius 1 is 1.22 bits per heavy atom. The third kappa shape index (κ3) is 6.68. The number of nitrogens with one attached hydrogen (secondary N) is 1. The third-order valence-electron chi connectivity index (χ3n) is 6.11. The van der Waals surface area contributed by atoms with Gasteiger partial charge in [-0.1, -0.05) is 27.4 Å². The molecule has 1 aliphatic carbocycles. The van der Waals surface area contributed by atoms with Crippen molar-refractivity contribution in [2.45, 2.75) is 92.0 Å². The van der Waals surface area contributed by atoms with Gasteiger partial charge in [-0.3, -0.25) is 4.79 Å². The normalized spacial score (nSPS) is 19.6. The predicted octanol–water partition coefficient (Wildman–Crippen LogP) is 8.10. The summed E-state index contributed by atoms with van der Waals surface area (Å²) in [5.41, 5.74) is 2.17. The van der Waals surface area contributed by atoms with E-state index >= 15 is 4.39 Å². The first kappa shape index (κ1) is 29.4. The number of pyridine rings is 1. The van der Waals surface area contributed by atoms with Crippen LogP contribution in [0.15, 0.2) is 46.2 Å². The van der Waals surface area contributed by atoms with Gasteiger partial charge in [0.05, 0.1) is 17.0 Å². The second-order valence-corrected chi connectivity index (χ2v) is 9.03. The average molecular weight is 512 g/mol. The number of halogens is 4. The van der Waals surface area contributed by atoms with Crippen LogP contribution in [0.25, 0.3) is 16.6 Å². The Hall–Kier alpha value is -2.84. The van der Waals surface area contributed by atoms with Crippen LogP contribution in [0.5, 0.6) is 0 Å². The third-order valence-corrected chi connectivity index (χ3v) is 6.11. The molecular formula is C27H37F4N3O2. The summed E-state index contributed by atoms with van der Waals surface area (Å²) in [6.07, 6.45) is -2.69. The number of aromatic amines is 1. The number of alkyl halides is 3. The Labute approximate surface area is 210 Å². The van der Waals surface area contributed by atoms with Crippen molar-refractivity contribution in [3.8, 4) is 0 Å². The maximum atomic E-state index is 15.9. The number of H-pyrrole nitrogens is 1. The standard InChI is InChI=1S/C25H31F4N3O2.C2H6/c1-6-18(19-13-30-20-11-12-21(33)32(15(4)5)23(19)20)22(26)24(31-14(2)3)34-17-9-7-16(8-10-17)25(27,28)29;1-2/h11-13,15-17,30H,2,6-10H2,1,3-5H3;1-2H3/b22-18-,31-24?;. The fourth-order valence-corrected chi connectivity index (χ4v) is 4.47. The zero-order valence-electron chi connectivity index (χ0n) is 21.9. The van der Waals surface area contributed by atoms with E-state index in [-0.39, 0.29) is 55.2 Å². The number of rotatable bonds is 6. The smallest absolute Gasteiger partial charge is 0.391 e. The number of aliphatic imine (C=N–C) groups is 1. The molecule has 2 aromatic heterocycles. The lowest BCUT2D eigenvalue weighted by Gasteiger charge is -2.30. The average Bonchev–Trinajstić information content (AvgIpc) is 3.23. The van der Waals surface area contributed by atoms with Gasteiger partial charge in [0, 0.05) is 35.1 Å². The molecule has 0 unspecified atom stereocenters. The Morgan fingerprint density at radius 3 is 2.33 bits per heavy atom. The van der Waals surface area contributed by atoms with Gasteiger partial charge in [0.1, 0.15) is 6.10 Å². The SMILES string of the molecule is C=C(C)N=C(OC1CCC(C(F)(F)F)CC1)/C(F)=C(\CC)c1c[nH]c2ccc(=O)n(C(C)C)c12.CC. The maximum Gasteiger partial charge on any atom is 0.391 e.